The van der Waals surface area contributed by atoms with E-state index in [0.717, 1.165) is 24.8 Å². The molecule has 1 saturated carbocycles. The van der Waals surface area contributed by atoms with Crippen molar-refractivity contribution in [2.24, 2.45) is 11.8 Å². The maximum absolute atomic E-state index is 11.8. The van der Waals surface area contributed by atoms with Crippen LogP contribution in [0.1, 0.15) is 31.7 Å². The lowest BCUT2D eigenvalue weighted by atomic mass is 9.99. The molecular weight excluding hydrogens is 200 g/mol. The van der Waals surface area contributed by atoms with Crippen LogP contribution in [0.4, 0.5) is 0 Å². The lowest BCUT2D eigenvalue weighted by Crippen LogP contribution is -2.19. The van der Waals surface area contributed by atoms with Gasteiger partial charge in [-0.15, -0.1) is 0 Å². The third-order valence-corrected chi connectivity index (χ3v) is 3.39. The Hall–Kier alpha value is -1.31. The molecule has 86 valence electrons. The van der Waals surface area contributed by atoms with Crippen LogP contribution in [0.5, 0.6) is 0 Å². The van der Waals surface area contributed by atoms with Crippen molar-refractivity contribution in [3.8, 4) is 0 Å². The Morgan fingerprint density at radius 1 is 1.31 bits per heavy atom. The van der Waals surface area contributed by atoms with Crippen LogP contribution in [-0.4, -0.2) is 5.97 Å². The topological polar surface area (TPSA) is 26.3 Å². The monoisotopic (exact) mass is 218 g/mol. The van der Waals surface area contributed by atoms with Gasteiger partial charge >= 0.3 is 5.97 Å². The zero-order valence-electron chi connectivity index (χ0n) is 9.69. The largest absolute Gasteiger partial charge is 0.461 e. The van der Waals surface area contributed by atoms with Gasteiger partial charge in [-0.1, -0.05) is 43.7 Å². The molecule has 0 amide bonds. The van der Waals surface area contributed by atoms with Crippen molar-refractivity contribution in [2.75, 3.05) is 0 Å². The molecule has 0 radical (unpaired) electrons. The fraction of sp³-hybridized carbons (Fsp3) is 0.500. The molecule has 0 heterocycles. The van der Waals surface area contributed by atoms with E-state index in [0.29, 0.717) is 12.5 Å². The van der Waals surface area contributed by atoms with Crippen molar-refractivity contribution in [3.63, 3.8) is 0 Å². The van der Waals surface area contributed by atoms with Crippen molar-refractivity contribution in [3.05, 3.63) is 35.9 Å². The Balaban J connectivity index is 1.84. The quantitative estimate of drug-likeness (QED) is 0.728. The van der Waals surface area contributed by atoms with Gasteiger partial charge in [-0.25, -0.2) is 0 Å². The zero-order valence-corrected chi connectivity index (χ0v) is 9.69. The summed E-state index contributed by atoms with van der Waals surface area (Å²) < 4.78 is 5.34. The molecule has 2 nitrogen and oxygen atoms in total. The molecule has 1 aliphatic carbocycles. The number of carbonyl (C=O) groups excluding carboxylic acids is 1. The summed E-state index contributed by atoms with van der Waals surface area (Å²) in [6, 6.07) is 9.84. The summed E-state index contributed by atoms with van der Waals surface area (Å²) in [6.45, 7) is 2.55. The summed E-state index contributed by atoms with van der Waals surface area (Å²) in [7, 11) is 0. The van der Waals surface area contributed by atoms with Gasteiger partial charge in [0.25, 0.3) is 0 Å². The van der Waals surface area contributed by atoms with Gasteiger partial charge in [-0.3, -0.25) is 4.79 Å². The summed E-state index contributed by atoms with van der Waals surface area (Å²) in [6.07, 6.45) is 3.31. The second-order valence-electron chi connectivity index (χ2n) is 4.61. The number of benzene rings is 1. The number of rotatable bonds is 3. The number of esters is 1. The summed E-state index contributed by atoms with van der Waals surface area (Å²) in [5.41, 5.74) is 1.06. The molecule has 2 atom stereocenters. The summed E-state index contributed by atoms with van der Waals surface area (Å²) in [5, 5.41) is 0. The molecule has 2 rings (SSSR count). The van der Waals surface area contributed by atoms with Crippen LogP contribution >= 0.6 is 0 Å². The Morgan fingerprint density at radius 2 is 2.06 bits per heavy atom. The molecule has 0 spiro atoms. The number of hydrogen-bond donors (Lipinski definition) is 0. The molecule has 2 heteroatoms. The second kappa shape index (κ2) is 5.15. The van der Waals surface area contributed by atoms with Gasteiger partial charge in [0.05, 0.1) is 5.92 Å². The first-order valence-corrected chi connectivity index (χ1v) is 5.98. The first-order chi connectivity index (χ1) is 7.77. The Morgan fingerprint density at radius 3 is 2.69 bits per heavy atom. The lowest BCUT2D eigenvalue weighted by Gasteiger charge is -2.14. The van der Waals surface area contributed by atoms with Crippen LogP contribution in [0.2, 0.25) is 0 Å². The SMILES string of the molecule is C[C@H]1CCC[C@@H]1C(=O)OCc1ccccc1. The van der Waals surface area contributed by atoms with Crippen molar-refractivity contribution in [2.45, 2.75) is 32.8 Å². The third kappa shape index (κ3) is 2.63. The summed E-state index contributed by atoms with van der Waals surface area (Å²) >= 11 is 0. The molecule has 0 N–H and O–H groups in total. The smallest absolute Gasteiger partial charge is 0.309 e. The van der Waals surface area contributed by atoms with E-state index in [9.17, 15) is 4.79 Å². The van der Waals surface area contributed by atoms with E-state index in [1.165, 1.54) is 0 Å². The van der Waals surface area contributed by atoms with E-state index in [1.54, 1.807) is 0 Å². The highest BCUT2D eigenvalue weighted by Crippen LogP contribution is 2.32. The fourth-order valence-electron chi connectivity index (χ4n) is 2.33. The van der Waals surface area contributed by atoms with Crippen LogP contribution in [-0.2, 0) is 16.1 Å². The molecule has 1 fully saturated rings. The van der Waals surface area contributed by atoms with Gasteiger partial charge in [0.15, 0.2) is 0 Å². The van der Waals surface area contributed by atoms with Crippen LogP contribution in [0.25, 0.3) is 0 Å². The Bertz CT molecular complexity index is 345. The minimum Gasteiger partial charge on any atom is -0.461 e. The molecule has 0 unspecified atom stereocenters. The predicted octanol–water partition coefficient (Wildman–Crippen LogP) is 3.17. The molecule has 0 aliphatic heterocycles. The highest BCUT2D eigenvalue weighted by Gasteiger charge is 2.30. The van der Waals surface area contributed by atoms with E-state index >= 15 is 0 Å². The first kappa shape index (κ1) is 11.2. The highest BCUT2D eigenvalue weighted by molar-refractivity contribution is 5.73. The number of hydrogen-bond acceptors (Lipinski definition) is 2. The van der Waals surface area contributed by atoms with Crippen molar-refractivity contribution < 1.29 is 9.53 Å². The minimum atomic E-state index is -0.0196. The molecule has 0 saturated heterocycles. The van der Waals surface area contributed by atoms with Gasteiger partial charge < -0.3 is 4.74 Å². The van der Waals surface area contributed by atoms with Crippen LogP contribution in [0.15, 0.2) is 30.3 Å². The van der Waals surface area contributed by atoms with Crippen LogP contribution in [0, 0.1) is 11.8 Å². The predicted molar refractivity (Wildman–Crippen MR) is 62.7 cm³/mol. The highest BCUT2D eigenvalue weighted by atomic mass is 16.5. The Kier molecular flexibility index (Phi) is 3.60. The summed E-state index contributed by atoms with van der Waals surface area (Å²) in [5.74, 6) is 0.598. The number of carbonyl (C=O) groups is 1. The molecule has 0 aromatic heterocycles. The van der Waals surface area contributed by atoms with E-state index in [-0.39, 0.29) is 11.9 Å². The van der Waals surface area contributed by atoms with Crippen LogP contribution < -0.4 is 0 Å². The molecular formula is C14H18O2. The van der Waals surface area contributed by atoms with Crippen LogP contribution in [0.3, 0.4) is 0 Å². The van der Waals surface area contributed by atoms with Crippen molar-refractivity contribution >= 4 is 5.97 Å². The van der Waals surface area contributed by atoms with E-state index in [2.05, 4.69) is 6.92 Å². The minimum absolute atomic E-state index is 0.0196. The van der Waals surface area contributed by atoms with Crippen molar-refractivity contribution in [1.82, 2.24) is 0 Å². The van der Waals surface area contributed by atoms with Gasteiger partial charge in [-0.05, 0) is 24.3 Å². The van der Waals surface area contributed by atoms with E-state index in [4.69, 9.17) is 4.74 Å². The molecule has 1 aliphatic rings. The third-order valence-electron chi connectivity index (χ3n) is 3.39. The first-order valence-electron chi connectivity index (χ1n) is 5.98. The number of ether oxygens (including phenoxy) is 1. The van der Waals surface area contributed by atoms with Crippen molar-refractivity contribution in [1.29, 1.82) is 0 Å². The van der Waals surface area contributed by atoms with Gasteiger partial charge in [-0.2, -0.15) is 0 Å². The van der Waals surface area contributed by atoms with E-state index in [1.807, 2.05) is 30.3 Å². The summed E-state index contributed by atoms with van der Waals surface area (Å²) in [4.78, 5) is 11.8. The average molecular weight is 218 g/mol. The Labute approximate surface area is 96.6 Å². The van der Waals surface area contributed by atoms with Gasteiger partial charge in [0, 0.05) is 0 Å². The maximum atomic E-state index is 11.8. The maximum Gasteiger partial charge on any atom is 0.309 e. The lowest BCUT2D eigenvalue weighted by molar-refractivity contribution is -0.150. The molecule has 16 heavy (non-hydrogen) atoms. The normalized spacial score (nSPS) is 24.3. The molecule has 1 aromatic rings. The standard InChI is InChI=1S/C14H18O2/c1-11-6-5-9-13(11)14(15)16-10-12-7-3-2-4-8-12/h2-4,7-8,11,13H,5-6,9-10H2,1H3/t11-,13-/m0/s1. The molecule has 0 bridgehead atoms. The van der Waals surface area contributed by atoms with E-state index < -0.39 is 0 Å². The second-order valence-corrected chi connectivity index (χ2v) is 4.61. The fourth-order valence-corrected chi connectivity index (χ4v) is 2.33. The van der Waals surface area contributed by atoms with Gasteiger partial charge in [0.1, 0.15) is 6.61 Å². The zero-order chi connectivity index (χ0) is 11.4. The van der Waals surface area contributed by atoms with Gasteiger partial charge in [0.2, 0.25) is 0 Å². The molecule has 1 aromatic carbocycles. The average Bonchev–Trinajstić information content (AvgIpc) is 2.74.